The number of nitrogen functional groups attached to an aromatic ring is 1. The predicted octanol–water partition coefficient (Wildman–Crippen LogP) is 1.85. The molecular formula is C7H10Cl2F2N2. The SMILES string of the molecule is Cl.Cl.NCc1cc(F)c(N)c(F)c1. The molecule has 0 spiro atoms. The Hall–Kier alpha value is -0.580. The van der Waals surface area contributed by atoms with Gasteiger partial charge in [0.1, 0.15) is 17.3 Å². The Kier molecular flexibility index (Phi) is 6.84. The van der Waals surface area contributed by atoms with Crippen molar-refractivity contribution in [3.8, 4) is 0 Å². The number of hydrogen-bond donors (Lipinski definition) is 2. The van der Waals surface area contributed by atoms with Crippen LogP contribution in [-0.4, -0.2) is 0 Å². The molecule has 1 aromatic rings. The van der Waals surface area contributed by atoms with Crippen LogP contribution in [0.15, 0.2) is 12.1 Å². The molecule has 0 aliphatic carbocycles. The van der Waals surface area contributed by atoms with Crippen molar-refractivity contribution in [3.63, 3.8) is 0 Å². The molecule has 0 aromatic heterocycles. The summed E-state index contributed by atoms with van der Waals surface area (Å²) in [5.41, 5.74) is 10.1. The molecule has 0 saturated carbocycles. The van der Waals surface area contributed by atoms with Gasteiger partial charge in [0.25, 0.3) is 0 Å². The standard InChI is InChI=1S/C7H8F2N2.2ClH/c8-5-1-4(3-10)2-6(9)7(5)11;;/h1-2H,3,10-11H2;2*1H. The molecule has 6 heteroatoms. The van der Waals surface area contributed by atoms with Gasteiger partial charge in [-0.1, -0.05) is 0 Å². The molecular weight excluding hydrogens is 221 g/mol. The molecule has 0 aliphatic heterocycles. The lowest BCUT2D eigenvalue weighted by Gasteiger charge is -2.01. The lowest BCUT2D eigenvalue weighted by atomic mass is 10.2. The molecule has 1 rings (SSSR count). The van der Waals surface area contributed by atoms with E-state index in [2.05, 4.69) is 0 Å². The number of halogens is 4. The van der Waals surface area contributed by atoms with Gasteiger partial charge in [-0.3, -0.25) is 0 Å². The highest BCUT2D eigenvalue weighted by Crippen LogP contribution is 2.16. The maximum atomic E-state index is 12.6. The number of benzene rings is 1. The summed E-state index contributed by atoms with van der Waals surface area (Å²) in [4.78, 5) is 0. The first-order valence-electron chi connectivity index (χ1n) is 3.08. The van der Waals surface area contributed by atoms with E-state index >= 15 is 0 Å². The van der Waals surface area contributed by atoms with Crippen LogP contribution in [0.4, 0.5) is 14.5 Å². The highest BCUT2D eigenvalue weighted by atomic mass is 35.5. The molecule has 0 heterocycles. The molecule has 13 heavy (non-hydrogen) atoms. The minimum atomic E-state index is -0.759. The summed E-state index contributed by atoms with van der Waals surface area (Å²) in [6, 6.07) is 2.25. The third-order valence-electron chi connectivity index (χ3n) is 1.37. The fraction of sp³-hybridized carbons (Fsp3) is 0.143. The summed E-state index contributed by atoms with van der Waals surface area (Å²) in [7, 11) is 0. The Balaban J connectivity index is 0. The third kappa shape index (κ3) is 3.34. The van der Waals surface area contributed by atoms with E-state index in [1.54, 1.807) is 0 Å². The molecule has 0 bridgehead atoms. The van der Waals surface area contributed by atoms with Crippen LogP contribution in [0.25, 0.3) is 0 Å². The van der Waals surface area contributed by atoms with E-state index in [4.69, 9.17) is 11.5 Å². The van der Waals surface area contributed by atoms with Crippen LogP contribution in [-0.2, 0) is 6.54 Å². The molecule has 0 fully saturated rings. The summed E-state index contributed by atoms with van der Waals surface area (Å²) in [5.74, 6) is -1.52. The average Bonchev–Trinajstić information content (AvgIpc) is 1.99. The van der Waals surface area contributed by atoms with Gasteiger partial charge in [0.15, 0.2) is 0 Å². The van der Waals surface area contributed by atoms with E-state index < -0.39 is 17.3 Å². The summed E-state index contributed by atoms with van der Waals surface area (Å²) in [6.07, 6.45) is 0. The first-order valence-corrected chi connectivity index (χ1v) is 3.08. The van der Waals surface area contributed by atoms with Crippen molar-refractivity contribution in [1.29, 1.82) is 0 Å². The van der Waals surface area contributed by atoms with Crippen LogP contribution >= 0.6 is 24.8 Å². The second kappa shape index (κ2) is 5.96. The molecule has 0 atom stereocenters. The lowest BCUT2D eigenvalue weighted by molar-refractivity contribution is 0.588. The van der Waals surface area contributed by atoms with Crippen LogP contribution in [0, 0.1) is 11.6 Å². The minimum Gasteiger partial charge on any atom is -0.394 e. The molecule has 0 amide bonds. The molecule has 1 aromatic carbocycles. The zero-order valence-electron chi connectivity index (χ0n) is 6.59. The molecule has 0 unspecified atom stereocenters. The number of rotatable bonds is 1. The highest BCUT2D eigenvalue weighted by molar-refractivity contribution is 5.85. The van der Waals surface area contributed by atoms with Crippen molar-refractivity contribution in [2.45, 2.75) is 6.54 Å². The van der Waals surface area contributed by atoms with Crippen molar-refractivity contribution >= 4 is 30.5 Å². The summed E-state index contributed by atoms with van der Waals surface area (Å²) >= 11 is 0. The van der Waals surface area contributed by atoms with Crippen molar-refractivity contribution in [2.75, 3.05) is 5.73 Å². The monoisotopic (exact) mass is 230 g/mol. The Morgan fingerprint density at radius 3 is 1.77 bits per heavy atom. The highest BCUT2D eigenvalue weighted by Gasteiger charge is 2.05. The van der Waals surface area contributed by atoms with Gasteiger partial charge in [0.2, 0.25) is 0 Å². The fourth-order valence-electron chi connectivity index (χ4n) is 0.755. The Morgan fingerprint density at radius 1 is 1.08 bits per heavy atom. The van der Waals surface area contributed by atoms with Gasteiger partial charge in [0.05, 0.1) is 0 Å². The van der Waals surface area contributed by atoms with E-state index in [1.807, 2.05) is 0 Å². The van der Waals surface area contributed by atoms with E-state index in [0.717, 1.165) is 12.1 Å². The van der Waals surface area contributed by atoms with E-state index in [9.17, 15) is 8.78 Å². The second-order valence-corrected chi connectivity index (χ2v) is 2.18. The quantitative estimate of drug-likeness (QED) is 0.724. The molecule has 76 valence electrons. The number of nitrogens with two attached hydrogens (primary N) is 2. The first-order chi connectivity index (χ1) is 5.15. The van der Waals surface area contributed by atoms with E-state index in [-0.39, 0.29) is 31.4 Å². The minimum absolute atomic E-state index is 0. The van der Waals surface area contributed by atoms with E-state index in [1.165, 1.54) is 0 Å². The molecule has 0 radical (unpaired) electrons. The molecule has 2 nitrogen and oxygen atoms in total. The van der Waals surface area contributed by atoms with Crippen molar-refractivity contribution in [2.24, 2.45) is 5.73 Å². The number of hydrogen-bond acceptors (Lipinski definition) is 2. The van der Waals surface area contributed by atoms with Crippen LogP contribution in [0.1, 0.15) is 5.56 Å². The maximum absolute atomic E-state index is 12.6. The summed E-state index contributed by atoms with van der Waals surface area (Å²) in [6.45, 7) is 0.105. The van der Waals surface area contributed by atoms with Crippen molar-refractivity contribution < 1.29 is 8.78 Å². The third-order valence-corrected chi connectivity index (χ3v) is 1.37. The largest absolute Gasteiger partial charge is 0.394 e. The number of anilines is 1. The molecule has 4 N–H and O–H groups in total. The van der Waals surface area contributed by atoms with Gasteiger partial charge in [0, 0.05) is 6.54 Å². The van der Waals surface area contributed by atoms with Crippen LogP contribution in [0.5, 0.6) is 0 Å². The van der Waals surface area contributed by atoms with Gasteiger partial charge in [-0.25, -0.2) is 8.78 Å². The molecule has 0 aliphatic rings. The topological polar surface area (TPSA) is 52.0 Å². The van der Waals surface area contributed by atoms with Crippen LogP contribution in [0.2, 0.25) is 0 Å². The lowest BCUT2D eigenvalue weighted by Crippen LogP contribution is -2.01. The normalized spacial score (nSPS) is 8.54. The second-order valence-electron chi connectivity index (χ2n) is 2.18. The Bertz CT molecular complexity index is 258. The zero-order chi connectivity index (χ0) is 8.43. The van der Waals surface area contributed by atoms with Crippen LogP contribution < -0.4 is 11.5 Å². The maximum Gasteiger partial charge on any atom is 0.149 e. The van der Waals surface area contributed by atoms with Gasteiger partial charge in [-0.05, 0) is 17.7 Å². The first kappa shape index (κ1) is 14.9. The van der Waals surface area contributed by atoms with E-state index in [0.29, 0.717) is 5.56 Å². The van der Waals surface area contributed by atoms with Gasteiger partial charge >= 0.3 is 0 Å². The fourth-order valence-corrected chi connectivity index (χ4v) is 0.755. The Morgan fingerprint density at radius 2 is 1.46 bits per heavy atom. The molecule has 0 saturated heterocycles. The van der Waals surface area contributed by atoms with Crippen LogP contribution in [0.3, 0.4) is 0 Å². The predicted molar refractivity (Wildman–Crippen MR) is 53.2 cm³/mol. The van der Waals surface area contributed by atoms with Gasteiger partial charge in [-0.2, -0.15) is 0 Å². The van der Waals surface area contributed by atoms with Gasteiger partial charge < -0.3 is 11.5 Å². The summed E-state index contributed by atoms with van der Waals surface area (Å²) < 4.78 is 25.2. The van der Waals surface area contributed by atoms with Crippen molar-refractivity contribution in [1.82, 2.24) is 0 Å². The Labute approximate surface area is 87.1 Å². The smallest absolute Gasteiger partial charge is 0.149 e. The van der Waals surface area contributed by atoms with Crippen molar-refractivity contribution in [3.05, 3.63) is 29.3 Å². The van der Waals surface area contributed by atoms with Gasteiger partial charge in [-0.15, -0.1) is 24.8 Å². The summed E-state index contributed by atoms with van der Waals surface area (Å²) in [5, 5.41) is 0. The zero-order valence-corrected chi connectivity index (χ0v) is 8.22. The average molecular weight is 231 g/mol.